The number of hydrogen-bond acceptors (Lipinski definition) is 3. The first kappa shape index (κ1) is 18.2. The van der Waals surface area contributed by atoms with Gasteiger partial charge in [-0.25, -0.2) is 8.78 Å². The molecule has 0 aliphatic rings. The van der Waals surface area contributed by atoms with Gasteiger partial charge < -0.3 is 10.2 Å². The van der Waals surface area contributed by atoms with Gasteiger partial charge in [0.05, 0.1) is 18.3 Å². The van der Waals surface area contributed by atoms with Crippen LogP contribution in [0.4, 0.5) is 14.5 Å². The fraction of sp³-hybridized carbons (Fsp3) is 0.125. The van der Waals surface area contributed by atoms with E-state index in [0.717, 1.165) is 12.1 Å². The molecule has 126 valence electrons. The van der Waals surface area contributed by atoms with Gasteiger partial charge in [-0.1, -0.05) is 34.4 Å². The lowest BCUT2D eigenvalue weighted by atomic mass is 10.2. The molecule has 2 rings (SSSR count). The summed E-state index contributed by atoms with van der Waals surface area (Å²) in [6, 6.07) is 7.90. The van der Waals surface area contributed by atoms with Gasteiger partial charge in [0, 0.05) is 21.7 Å². The highest BCUT2D eigenvalue weighted by Gasteiger charge is 2.07. The van der Waals surface area contributed by atoms with E-state index in [4.69, 9.17) is 28.0 Å². The molecule has 0 spiro atoms. The molecule has 0 aliphatic heterocycles. The van der Waals surface area contributed by atoms with Crippen LogP contribution in [0, 0.1) is 11.6 Å². The number of halogens is 4. The molecule has 0 fully saturated rings. The fourth-order valence-electron chi connectivity index (χ4n) is 1.74. The van der Waals surface area contributed by atoms with Gasteiger partial charge in [-0.3, -0.25) is 4.79 Å². The Hall–Kier alpha value is -2.18. The summed E-state index contributed by atoms with van der Waals surface area (Å²) in [5.74, 6) is -2.10. The molecule has 2 aromatic carbocycles. The van der Waals surface area contributed by atoms with Crippen molar-refractivity contribution in [1.82, 2.24) is 0 Å². The normalized spacial score (nSPS) is 10.8. The minimum Gasteiger partial charge on any atom is -0.391 e. The molecule has 1 N–H and O–H groups in total. The van der Waals surface area contributed by atoms with Crippen LogP contribution in [0.25, 0.3) is 0 Å². The van der Waals surface area contributed by atoms with Crippen LogP contribution in [-0.4, -0.2) is 12.1 Å². The Morgan fingerprint density at radius 3 is 2.58 bits per heavy atom. The monoisotopic (exact) mass is 372 g/mol. The van der Waals surface area contributed by atoms with E-state index >= 15 is 0 Å². The number of carbonyl (C=O) groups is 1. The third kappa shape index (κ3) is 5.18. The van der Waals surface area contributed by atoms with Crippen molar-refractivity contribution in [3.63, 3.8) is 0 Å². The Balaban J connectivity index is 1.80. The maximum Gasteiger partial charge on any atom is 0.229 e. The molecule has 1 amide bonds. The summed E-state index contributed by atoms with van der Waals surface area (Å²) in [6.07, 6.45) is 1.06. The van der Waals surface area contributed by atoms with Crippen molar-refractivity contribution in [2.24, 2.45) is 5.16 Å². The number of rotatable bonds is 6. The van der Waals surface area contributed by atoms with Gasteiger partial charge in [-0.2, -0.15) is 0 Å². The summed E-state index contributed by atoms with van der Waals surface area (Å²) >= 11 is 11.9. The smallest absolute Gasteiger partial charge is 0.229 e. The number of nitrogens with one attached hydrogen (secondary N) is 1. The van der Waals surface area contributed by atoms with Crippen LogP contribution in [0.3, 0.4) is 0 Å². The van der Waals surface area contributed by atoms with E-state index in [-0.39, 0.29) is 18.7 Å². The second-order valence-corrected chi connectivity index (χ2v) is 5.45. The molecule has 0 saturated heterocycles. The summed E-state index contributed by atoms with van der Waals surface area (Å²) < 4.78 is 26.1. The lowest BCUT2D eigenvalue weighted by Gasteiger charge is -2.05. The highest BCUT2D eigenvalue weighted by Crippen LogP contribution is 2.24. The second-order valence-electron chi connectivity index (χ2n) is 4.64. The van der Waals surface area contributed by atoms with Crippen molar-refractivity contribution in [3.05, 3.63) is 63.6 Å². The Kier molecular flexibility index (Phi) is 6.52. The van der Waals surface area contributed by atoms with Crippen LogP contribution in [0.15, 0.2) is 41.6 Å². The van der Waals surface area contributed by atoms with Gasteiger partial charge in [0.2, 0.25) is 5.91 Å². The first-order valence-corrected chi connectivity index (χ1v) is 7.54. The van der Waals surface area contributed by atoms with Crippen LogP contribution in [0.2, 0.25) is 10.0 Å². The quantitative estimate of drug-likeness (QED) is 0.584. The number of amides is 1. The third-order valence-electron chi connectivity index (χ3n) is 2.90. The van der Waals surface area contributed by atoms with E-state index in [1.165, 1.54) is 6.21 Å². The van der Waals surface area contributed by atoms with Crippen molar-refractivity contribution in [1.29, 1.82) is 0 Å². The Labute approximate surface area is 147 Å². The molecule has 0 saturated carbocycles. The van der Waals surface area contributed by atoms with Gasteiger partial charge in [-0.15, -0.1) is 0 Å². The standard InChI is InChI=1S/C16H12Cl2F2N2O2/c17-12-2-1-3-13(18)11(12)9-24-21-7-6-16(23)22-15-5-4-10(19)8-14(15)20/h1-5,7-8H,6,9H2,(H,22,23). The van der Waals surface area contributed by atoms with E-state index < -0.39 is 17.5 Å². The average molecular weight is 373 g/mol. The van der Waals surface area contributed by atoms with Gasteiger partial charge in [0.1, 0.15) is 18.2 Å². The lowest BCUT2D eigenvalue weighted by Crippen LogP contribution is -2.13. The van der Waals surface area contributed by atoms with Crippen molar-refractivity contribution in [3.8, 4) is 0 Å². The van der Waals surface area contributed by atoms with E-state index in [1.54, 1.807) is 18.2 Å². The lowest BCUT2D eigenvalue weighted by molar-refractivity contribution is -0.115. The number of carbonyl (C=O) groups excluding carboxylic acids is 1. The molecule has 24 heavy (non-hydrogen) atoms. The van der Waals surface area contributed by atoms with Crippen molar-refractivity contribution >= 4 is 41.0 Å². The minimum absolute atomic E-state index is 0.0449. The van der Waals surface area contributed by atoms with Gasteiger partial charge >= 0.3 is 0 Å². The summed E-state index contributed by atoms with van der Waals surface area (Å²) in [6.45, 7) is 0.0449. The van der Waals surface area contributed by atoms with Crippen molar-refractivity contribution in [2.45, 2.75) is 13.0 Å². The molecule has 2 aromatic rings. The summed E-state index contributed by atoms with van der Waals surface area (Å²) in [7, 11) is 0. The predicted octanol–water partition coefficient (Wildman–Crippen LogP) is 4.80. The molecule has 0 radical (unpaired) electrons. The van der Waals surface area contributed by atoms with Crippen molar-refractivity contribution in [2.75, 3.05) is 5.32 Å². The fourth-order valence-corrected chi connectivity index (χ4v) is 2.24. The number of nitrogens with zero attached hydrogens (tertiary/aromatic N) is 1. The number of oxime groups is 1. The van der Waals surface area contributed by atoms with E-state index in [9.17, 15) is 13.6 Å². The molecule has 0 bridgehead atoms. The SMILES string of the molecule is O=C(CC=NOCc1c(Cl)cccc1Cl)Nc1ccc(F)cc1F. The first-order chi connectivity index (χ1) is 11.5. The van der Waals surface area contributed by atoms with Crippen LogP contribution in [0.5, 0.6) is 0 Å². The van der Waals surface area contributed by atoms with Gasteiger partial charge in [0.15, 0.2) is 0 Å². The highest BCUT2D eigenvalue weighted by molar-refractivity contribution is 6.35. The molecule has 0 atom stereocenters. The molecular formula is C16H12Cl2F2N2O2. The zero-order valence-corrected chi connectivity index (χ0v) is 13.7. The predicted molar refractivity (Wildman–Crippen MR) is 89.3 cm³/mol. The number of hydrogen-bond donors (Lipinski definition) is 1. The first-order valence-electron chi connectivity index (χ1n) is 6.79. The van der Waals surface area contributed by atoms with E-state index in [2.05, 4.69) is 10.5 Å². The Morgan fingerprint density at radius 1 is 1.21 bits per heavy atom. The van der Waals surface area contributed by atoms with E-state index in [1.807, 2.05) is 0 Å². The zero-order valence-electron chi connectivity index (χ0n) is 12.2. The van der Waals surface area contributed by atoms with Crippen LogP contribution < -0.4 is 5.32 Å². The third-order valence-corrected chi connectivity index (χ3v) is 3.61. The maximum absolute atomic E-state index is 13.4. The van der Waals surface area contributed by atoms with Crippen LogP contribution >= 0.6 is 23.2 Å². The van der Waals surface area contributed by atoms with Gasteiger partial charge in [0.25, 0.3) is 0 Å². The maximum atomic E-state index is 13.4. The zero-order chi connectivity index (χ0) is 17.5. The second kappa shape index (κ2) is 8.61. The Morgan fingerprint density at radius 2 is 1.92 bits per heavy atom. The number of benzene rings is 2. The molecule has 8 heteroatoms. The highest BCUT2D eigenvalue weighted by atomic mass is 35.5. The molecule has 0 heterocycles. The van der Waals surface area contributed by atoms with Crippen LogP contribution in [-0.2, 0) is 16.2 Å². The summed E-state index contributed by atoms with van der Waals surface area (Å²) in [4.78, 5) is 16.6. The van der Waals surface area contributed by atoms with Crippen LogP contribution in [0.1, 0.15) is 12.0 Å². The molecular weight excluding hydrogens is 361 g/mol. The Bertz CT molecular complexity index is 749. The molecule has 0 unspecified atom stereocenters. The molecule has 0 aromatic heterocycles. The van der Waals surface area contributed by atoms with Crippen molar-refractivity contribution < 1.29 is 18.4 Å². The number of anilines is 1. The summed E-state index contributed by atoms with van der Waals surface area (Å²) in [5.41, 5.74) is 0.467. The topological polar surface area (TPSA) is 50.7 Å². The van der Waals surface area contributed by atoms with Gasteiger partial charge in [-0.05, 0) is 24.3 Å². The molecule has 0 aliphatic carbocycles. The average Bonchev–Trinajstić information content (AvgIpc) is 2.52. The summed E-state index contributed by atoms with van der Waals surface area (Å²) in [5, 5.41) is 6.80. The molecule has 4 nitrogen and oxygen atoms in total. The minimum atomic E-state index is -0.857. The largest absolute Gasteiger partial charge is 0.391 e. The van der Waals surface area contributed by atoms with E-state index in [0.29, 0.717) is 21.7 Å².